The number of likely N-dealkylation sites (tertiary alicyclic amines) is 1. The van der Waals surface area contributed by atoms with Gasteiger partial charge in [-0.05, 0) is 43.0 Å². The summed E-state index contributed by atoms with van der Waals surface area (Å²) in [5, 5.41) is 0. The first kappa shape index (κ1) is 22.5. The average Bonchev–Trinajstić information content (AvgIpc) is 3.46. The average molecular weight is 475 g/mol. The maximum absolute atomic E-state index is 13.1. The van der Waals surface area contributed by atoms with Crippen LogP contribution in [-0.2, 0) is 4.74 Å². The number of nitrogens with zero attached hydrogens (tertiary/aromatic N) is 3. The summed E-state index contributed by atoms with van der Waals surface area (Å²) in [6, 6.07) is 5.32. The van der Waals surface area contributed by atoms with Gasteiger partial charge in [0.25, 0.3) is 5.91 Å². The van der Waals surface area contributed by atoms with E-state index in [-0.39, 0.29) is 23.1 Å². The van der Waals surface area contributed by atoms with Gasteiger partial charge in [0.05, 0.1) is 5.56 Å². The number of alkyl halides is 3. The van der Waals surface area contributed by atoms with Crippen LogP contribution >= 0.6 is 0 Å². The summed E-state index contributed by atoms with van der Waals surface area (Å²) >= 11 is 0. The Balaban J connectivity index is 1.33. The fraction of sp³-hybridized carbons (Fsp3) is 0.435. The minimum Gasteiger partial charge on any atom is -0.406 e. The Morgan fingerprint density at radius 1 is 1.18 bits per heavy atom. The Hall–Kier alpha value is -3.34. The number of anilines is 1. The number of rotatable bonds is 4. The first-order valence-corrected chi connectivity index (χ1v) is 11.2. The third-order valence-electron chi connectivity index (χ3n) is 6.44. The molecule has 180 valence electrons. The van der Waals surface area contributed by atoms with E-state index in [0.29, 0.717) is 32.2 Å². The second kappa shape index (κ2) is 8.79. The lowest BCUT2D eigenvalue weighted by Gasteiger charge is -2.19. The Morgan fingerprint density at radius 2 is 1.97 bits per heavy atom. The number of ether oxygens (including phenoxy) is 2. The largest absolute Gasteiger partial charge is 0.573 e. The van der Waals surface area contributed by atoms with Crippen LogP contribution in [0, 0.1) is 0 Å². The SMILES string of the molecule is Nc1cc(OC(F)(F)F)ccc1C(=O)N1CCC(c2ccnc3[nH]c(C4CCOCC4)nc23)C1. The summed E-state index contributed by atoms with van der Waals surface area (Å²) in [4.78, 5) is 27.4. The minimum absolute atomic E-state index is 0.0603. The van der Waals surface area contributed by atoms with E-state index in [9.17, 15) is 18.0 Å². The summed E-state index contributed by atoms with van der Waals surface area (Å²) in [6.07, 6.45) is -0.526. The van der Waals surface area contributed by atoms with Crippen molar-refractivity contribution in [3.8, 4) is 5.75 Å². The number of nitrogens with one attached hydrogen (secondary N) is 1. The van der Waals surface area contributed by atoms with Gasteiger partial charge in [-0.3, -0.25) is 4.79 Å². The molecule has 0 saturated carbocycles. The quantitative estimate of drug-likeness (QED) is 0.554. The van der Waals surface area contributed by atoms with Crippen LogP contribution in [0.5, 0.6) is 5.75 Å². The number of H-pyrrole nitrogens is 1. The van der Waals surface area contributed by atoms with Crippen LogP contribution in [0.1, 0.15) is 52.8 Å². The highest BCUT2D eigenvalue weighted by Gasteiger charge is 2.33. The number of aromatic amines is 1. The lowest BCUT2D eigenvalue weighted by Crippen LogP contribution is -2.29. The zero-order valence-electron chi connectivity index (χ0n) is 18.3. The molecular formula is C23H24F3N5O3. The van der Waals surface area contributed by atoms with Crippen molar-refractivity contribution in [1.29, 1.82) is 0 Å². The Labute approximate surface area is 193 Å². The molecule has 1 aromatic carbocycles. The van der Waals surface area contributed by atoms with Crippen LogP contribution < -0.4 is 10.5 Å². The van der Waals surface area contributed by atoms with Crippen LogP contribution in [0.2, 0.25) is 0 Å². The van der Waals surface area contributed by atoms with Gasteiger partial charge >= 0.3 is 6.36 Å². The van der Waals surface area contributed by atoms with Crippen molar-refractivity contribution in [2.75, 3.05) is 32.0 Å². The lowest BCUT2D eigenvalue weighted by molar-refractivity contribution is -0.274. The van der Waals surface area contributed by atoms with Crippen LogP contribution in [0.3, 0.4) is 0 Å². The second-order valence-corrected chi connectivity index (χ2v) is 8.64. The molecule has 1 unspecified atom stereocenters. The Bertz CT molecular complexity index is 1210. The van der Waals surface area contributed by atoms with E-state index in [1.165, 1.54) is 6.07 Å². The van der Waals surface area contributed by atoms with Crippen LogP contribution in [0.4, 0.5) is 18.9 Å². The van der Waals surface area contributed by atoms with Crippen molar-refractivity contribution in [2.45, 2.75) is 37.5 Å². The molecule has 3 N–H and O–H groups in total. The number of nitrogens with two attached hydrogens (primary N) is 1. The highest BCUT2D eigenvalue weighted by molar-refractivity contribution is 5.99. The third-order valence-corrected chi connectivity index (χ3v) is 6.44. The van der Waals surface area contributed by atoms with Gasteiger partial charge in [-0.2, -0.15) is 0 Å². The topological polar surface area (TPSA) is 106 Å². The van der Waals surface area contributed by atoms with Gasteiger partial charge in [0.2, 0.25) is 0 Å². The highest BCUT2D eigenvalue weighted by atomic mass is 19.4. The number of hydrogen-bond donors (Lipinski definition) is 2. The van der Waals surface area contributed by atoms with Gasteiger partial charge in [0.15, 0.2) is 5.65 Å². The van der Waals surface area contributed by atoms with E-state index >= 15 is 0 Å². The number of benzene rings is 1. The van der Waals surface area contributed by atoms with Gasteiger partial charge in [0.1, 0.15) is 17.1 Å². The van der Waals surface area contributed by atoms with Crippen molar-refractivity contribution >= 4 is 22.8 Å². The number of aromatic nitrogens is 3. The normalized spacial score (nSPS) is 19.6. The van der Waals surface area contributed by atoms with E-state index in [1.54, 1.807) is 11.1 Å². The van der Waals surface area contributed by atoms with Gasteiger partial charge < -0.3 is 25.1 Å². The van der Waals surface area contributed by atoms with E-state index in [0.717, 1.165) is 53.9 Å². The van der Waals surface area contributed by atoms with Crippen LogP contribution in [0.15, 0.2) is 30.5 Å². The van der Waals surface area contributed by atoms with E-state index in [4.69, 9.17) is 15.5 Å². The smallest absolute Gasteiger partial charge is 0.406 e. The molecule has 2 fully saturated rings. The van der Waals surface area contributed by atoms with E-state index in [2.05, 4.69) is 14.7 Å². The first-order valence-electron chi connectivity index (χ1n) is 11.2. The monoisotopic (exact) mass is 475 g/mol. The molecule has 8 nitrogen and oxygen atoms in total. The fourth-order valence-corrected chi connectivity index (χ4v) is 4.74. The molecule has 0 bridgehead atoms. The van der Waals surface area contributed by atoms with Gasteiger partial charge in [-0.1, -0.05) is 0 Å². The second-order valence-electron chi connectivity index (χ2n) is 8.64. The standard InChI is InChI=1S/C23H24F3N5O3/c24-23(25,26)34-15-1-2-17(18(27)11-15)22(32)31-8-4-14(12-31)16-3-7-28-21-19(16)29-20(30-21)13-5-9-33-10-6-13/h1-3,7,11,13-14H,4-6,8-10,12,27H2,(H,28,29,30). The van der Waals surface area contributed by atoms with Crippen molar-refractivity contribution in [3.05, 3.63) is 47.4 Å². The highest BCUT2D eigenvalue weighted by Crippen LogP contribution is 2.34. The molecule has 2 aromatic heterocycles. The third kappa shape index (κ3) is 4.52. The minimum atomic E-state index is -4.83. The van der Waals surface area contributed by atoms with Crippen LogP contribution in [-0.4, -0.2) is 58.4 Å². The molecule has 2 aliphatic heterocycles. The van der Waals surface area contributed by atoms with Crippen LogP contribution in [0.25, 0.3) is 11.2 Å². The summed E-state index contributed by atoms with van der Waals surface area (Å²) in [6.45, 7) is 2.39. The Kier molecular flexibility index (Phi) is 5.80. The first-order chi connectivity index (χ1) is 16.3. The molecule has 5 rings (SSSR count). The molecule has 2 aliphatic rings. The number of imidazole rings is 1. The van der Waals surface area contributed by atoms with Gasteiger partial charge in [-0.15, -0.1) is 13.2 Å². The molecule has 1 amide bonds. The maximum atomic E-state index is 13.1. The van der Waals surface area contributed by atoms with Crippen molar-refractivity contribution in [1.82, 2.24) is 19.9 Å². The zero-order chi connectivity index (χ0) is 23.9. The van der Waals surface area contributed by atoms with Crippen molar-refractivity contribution in [3.63, 3.8) is 0 Å². The summed E-state index contributed by atoms with van der Waals surface area (Å²) in [5.74, 6) is 0.505. The van der Waals surface area contributed by atoms with Crippen molar-refractivity contribution in [2.24, 2.45) is 0 Å². The zero-order valence-corrected chi connectivity index (χ0v) is 18.3. The predicted octanol–water partition coefficient (Wildman–Crippen LogP) is 3.96. The number of hydrogen-bond acceptors (Lipinski definition) is 6. The number of amides is 1. The molecule has 0 aliphatic carbocycles. The van der Waals surface area contributed by atoms with E-state index in [1.807, 2.05) is 6.07 Å². The number of halogens is 3. The predicted molar refractivity (Wildman–Crippen MR) is 117 cm³/mol. The Morgan fingerprint density at radius 3 is 2.71 bits per heavy atom. The molecule has 1 atom stereocenters. The van der Waals surface area contributed by atoms with Gasteiger partial charge in [0, 0.05) is 56.1 Å². The molecule has 0 radical (unpaired) electrons. The molecule has 11 heteroatoms. The summed E-state index contributed by atoms with van der Waals surface area (Å²) in [7, 11) is 0. The number of fused-ring (bicyclic) bond motifs is 1. The molecule has 4 heterocycles. The summed E-state index contributed by atoms with van der Waals surface area (Å²) < 4.78 is 46.7. The molecule has 0 spiro atoms. The maximum Gasteiger partial charge on any atom is 0.573 e. The lowest BCUT2D eigenvalue weighted by atomic mass is 9.98. The van der Waals surface area contributed by atoms with Gasteiger partial charge in [-0.25, -0.2) is 9.97 Å². The number of carbonyl (C=O) groups excluding carboxylic acids is 1. The fourth-order valence-electron chi connectivity index (χ4n) is 4.74. The molecule has 2 saturated heterocycles. The number of carbonyl (C=O) groups is 1. The molecule has 34 heavy (non-hydrogen) atoms. The summed E-state index contributed by atoms with van der Waals surface area (Å²) in [5.41, 5.74) is 8.54. The number of nitrogen functional groups attached to an aromatic ring is 1. The number of pyridine rings is 1. The van der Waals surface area contributed by atoms with Crippen molar-refractivity contribution < 1.29 is 27.4 Å². The molecular weight excluding hydrogens is 451 g/mol. The van der Waals surface area contributed by atoms with E-state index < -0.39 is 12.1 Å². The molecule has 3 aromatic rings.